The predicted molar refractivity (Wildman–Crippen MR) is 88.1 cm³/mol. The van der Waals surface area contributed by atoms with E-state index < -0.39 is 0 Å². The minimum atomic E-state index is 0.439. The Balaban J connectivity index is 1.65. The first-order chi connectivity index (χ1) is 11.2. The number of likely N-dealkylation sites (tertiary alicyclic amines) is 1. The van der Waals surface area contributed by atoms with E-state index >= 15 is 0 Å². The van der Waals surface area contributed by atoms with Gasteiger partial charge in [0.05, 0.1) is 25.3 Å². The van der Waals surface area contributed by atoms with E-state index in [1.54, 1.807) is 26.9 Å². The second kappa shape index (κ2) is 7.19. The van der Waals surface area contributed by atoms with E-state index in [0.29, 0.717) is 22.6 Å². The molecule has 1 aromatic heterocycles. The molecule has 1 aromatic carbocycles. The van der Waals surface area contributed by atoms with Crippen LogP contribution in [0.3, 0.4) is 0 Å². The van der Waals surface area contributed by atoms with E-state index in [1.165, 1.54) is 0 Å². The maximum absolute atomic E-state index is 6.47. The predicted octanol–water partition coefficient (Wildman–Crippen LogP) is 2.79. The van der Waals surface area contributed by atoms with E-state index in [1.807, 2.05) is 16.8 Å². The lowest BCUT2D eigenvalue weighted by Gasteiger charge is -2.32. The van der Waals surface area contributed by atoms with Crippen molar-refractivity contribution in [3.05, 3.63) is 35.4 Å². The van der Waals surface area contributed by atoms with Crippen molar-refractivity contribution in [3.63, 3.8) is 0 Å². The number of piperidine rings is 1. The molecule has 1 fully saturated rings. The van der Waals surface area contributed by atoms with Crippen LogP contribution in [0.1, 0.15) is 24.4 Å². The number of rotatable bonds is 5. The Kier molecular flexibility index (Phi) is 5.03. The molecule has 0 spiro atoms. The van der Waals surface area contributed by atoms with E-state index in [-0.39, 0.29) is 0 Å². The Labute approximate surface area is 141 Å². The second-order valence-corrected chi connectivity index (χ2v) is 6.03. The summed E-state index contributed by atoms with van der Waals surface area (Å²) in [6.45, 7) is 2.83. The van der Waals surface area contributed by atoms with Crippen molar-refractivity contribution in [3.8, 4) is 11.5 Å². The van der Waals surface area contributed by atoms with Gasteiger partial charge in [-0.15, -0.1) is 0 Å². The summed E-state index contributed by atoms with van der Waals surface area (Å²) < 4.78 is 12.6. The van der Waals surface area contributed by atoms with Gasteiger partial charge in [-0.3, -0.25) is 4.90 Å². The summed E-state index contributed by atoms with van der Waals surface area (Å²) in [5.41, 5.74) is 1.06. The molecule has 2 aromatic rings. The maximum atomic E-state index is 6.47. The first kappa shape index (κ1) is 16.1. The van der Waals surface area contributed by atoms with Crippen LogP contribution in [-0.4, -0.2) is 47.0 Å². The highest BCUT2D eigenvalue weighted by atomic mass is 35.5. The minimum absolute atomic E-state index is 0.439. The van der Waals surface area contributed by atoms with Crippen LogP contribution in [0.15, 0.2) is 24.8 Å². The standard InChI is InChI=1S/C16H21ClN4O2/c1-22-14-4-3-12(15(17)16(14)23-2)9-20-7-5-13(6-8-20)21-11-18-10-19-21/h3-4,10-11,13H,5-9H2,1-2H3. The third-order valence-electron chi connectivity index (χ3n) is 4.33. The number of nitrogens with zero attached hydrogens (tertiary/aromatic N) is 4. The smallest absolute Gasteiger partial charge is 0.179 e. The van der Waals surface area contributed by atoms with Crippen molar-refractivity contribution in [2.75, 3.05) is 27.3 Å². The van der Waals surface area contributed by atoms with Crippen molar-refractivity contribution in [1.29, 1.82) is 0 Å². The second-order valence-electron chi connectivity index (χ2n) is 5.66. The van der Waals surface area contributed by atoms with Gasteiger partial charge in [0, 0.05) is 19.6 Å². The zero-order valence-electron chi connectivity index (χ0n) is 13.4. The fraction of sp³-hybridized carbons (Fsp3) is 0.500. The largest absolute Gasteiger partial charge is 0.493 e. The number of hydrogen-bond acceptors (Lipinski definition) is 5. The molecule has 3 rings (SSSR count). The average Bonchev–Trinajstić information content (AvgIpc) is 3.11. The van der Waals surface area contributed by atoms with Gasteiger partial charge >= 0.3 is 0 Å². The van der Waals surface area contributed by atoms with Crippen LogP contribution in [0.4, 0.5) is 0 Å². The topological polar surface area (TPSA) is 52.4 Å². The highest BCUT2D eigenvalue weighted by Crippen LogP contribution is 2.38. The van der Waals surface area contributed by atoms with Crippen molar-refractivity contribution in [1.82, 2.24) is 19.7 Å². The minimum Gasteiger partial charge on any atom is -0.493 e. The van der Waals surface area contributed by atoms with Gasteiger partial charge in [-0.25, -0.2) is 9.67 Å². The van der Waals surface area contributed by atoms with Crippen molar-refractivity contribution >= 4 is 11.6 Å². The van der Waals surface area contributed by atoms with E-state index in [2.05, 4.69) is 15.0 Å². The van der Waals surface area contributed by atoms with Crippen molar-refractivity contribution in [2.45, 2.75) is 25.4 Å². The Bertz CT molecular complexity index is 640. The molecule has 23 heavy (non-hydrogen) atoms. The molecule has 2 heterocycles. The Hall–Kier alpha value is -1.79. The van der Waals surface area contributed by atoms with Gasteiger partial charge in [0.25, 0.3) is 0 Å². The first-order valence-corrected chi connectivity index (χ1v) is 8.06. The van der Waals surface area contributed by atoms with Gasteiger partial charge in [-0.2, -0.15) is 5.10 Å². The third kappa shape index (κ3) is 3.43. The average molecular weight is 337 g/mol. The molecule has 0 aliphatic carbocycles. The summed E-state index contributed by atoms with van der Waals surface area (Å²) in [7, 11) is 3.22. The molecule has 1 saturated heterocycles. The fourth-order valence-corrected chi connectivity index (χ4v) is 3.33. The molecule has 6 nitrogen and oxygen atoms in total. The third-order valence-corrected chi connectivity index (χ3v) is 4.74. The molecule has 7 heteroatoms. The zero-order valence-corrected chi connectivity index (χ0v) is 14.2. The SMILES string of the molecule is COc1ccc(CN2CCC(n3cncn3)CC2)c(Cl)c1OC. The maximum Gasteiger partial charge on any atom is 0.179 e. The number of halogens is 1. The highest BCUT2D eigenvalue weighted by Gasteiger charge is 2.22. The molecule has 0 unspecified atom stereocenters. The molecule has 0 radical (unpaired) electrons. The van der Waals surface area contributed by atoms with E-state index in [0.717, 1.165) is 38.0 Å². The van der Waals surface area contributed by atoms with Crippen LogP contribution in [0.25, 0.3) is 0 Å². The summed E-state index contributed by atoms with van der Waals surface area (Å²) in [4.78, 5) is 6.43. The van der Waals surface area contributed by atoms with Crippen LogP contribution in [0, 0.1) is 0 Å². The molecular formula is C16H21ClN4O2. The van der Waals surface area contributed by atoms with Crippen LogP contribution >= 0.6 is 11.6 Å². The number of aromatic nitrogens is 3. The van der Waals surface area contributed by atoms with Gasteiger partial charge in [0.1, 0.15) is 12.7 Å². The molecule has 0 N–H and O–H groups in total. The molecule has 1 aliphatic heterocycles. The van der Waals surface area contributed by atoms with Crippen LogP contribution in [0.2, 0.25) is 5.02 Å². The number of benzene rings is 1. The fourth-order valence-electron chi connectivity index (χ4n) is 3.04. The molecule has 0 atom stereocenters. The van der Waals surface area contributed by atoms with Gasteiger partial charge in [0.2, 0.25) is 0 Å². The van der Waals surface area contributed by atoms with Gasteiger partial charge < -0.3 is 9.47 Å². The molecule has 0 saturated carbocycles. The lowest BCUT2D eigenvalue weighted by molar-refractivity contribution is 0.173. The summed E-state index contributed by atoms with van der Waals surface area (Å²) >= 11 is 6.47. The number of methoxy groups -OCH3 is 2. The zero-order chi connectivity index (χ0) is 16.2. The van der Waals surface area contributed by atoms with Crippen molar-refractivity contribution in [2.24, 2.45) is 0 Å². The Morgan fingerprint density at radius 2 is 2.00 bits per heavy atom. The Morgan fingerprint density at radius 3 is 2.61 bits per heavy atom. The molecule has 0 bridgehead atoms. The highest BCUT2D eigenvalue weighted by molar-refractivity contribution is 6.33. The van der Waals surface area contributed by atoms with Crippen molar-refractivity contribution < 1.29 is 9.47 Å². The van der Waals surface area contributed by atoms with E-state index in [9.17, 15) is 0 Å². The molecule has 1 aliphatic rings. The summed E-state index contributed by atoms with van der Waals surface area (Å²) in [6.07, 6.45) is 5.52. The number of hydrogen-bond donors (Lipinski definition) is 0. The van der Waals surface area contributed by atoms with E-state index in [4.69, 9.17) is 21.1 Å². The monoisotopic (exact) mass is 336 g/mol. The van der Waals surface area contributed by atoms with Crippen LogP contribution in [-0.2, 0) is 6.54 Å². The van der Waals surface area contributed by atoms with Crippen LogP contribution < -0.4 is 9.47 Å². The summed E-state index contributed by atoms with van der Waals surface area (Å²) in [5.74, 6) is 1.26. The molecule has 0 amide bonds. The molecular weight excluding hydrogens is 316 g/mol. The molecule has 124 valence electrons. The van der Waals surface area contributed by atoms with Crippen LogP contribution in [0.5, 0.6) is 11.5 Å². The lowest BCUT2D eigenvalue weighted by Crippen LogP contribution is -2.34. The number of ether oxygens (including phenoxy) is 2. The van der Waals surface area contributed by atoms with Gasteiger partial charge in [0.15, 0.2) is 11.5 Å². The summed E-state index contributed by atoms with van der Waals surface area (Å²) in [6, 6.07) is 4.35. The first-order valence-electron chi connectivity index (χ1n) is 7.68. The Morgan fingerprint density at radius 1 is 1.22 bits per heavy atom. The quantitative estimate of drug-likeness (QED) is 0.840. The summed E-state index contributed by atoms with van der Waals surface area (Å²) in [5, 5.41) is 4.87. The van der Waals surface area contributed by atoms with Gasteiger partial charge in [-0.05, 0) is 24.5 Å². The van der Waals surface area contributed by atoms with Gasteiger partial charge in [-0.1, -0.05) is 17.7 Å². The lowest BCUT2D eigenvalue weighted by atomic mass is 10.0. The normalized spacial score (nSPS) is 16.5.